The molecule has 1 aliphatic carbocycles. The van der Waals surface area contributed by atoms with E-state index in [9.17, 15) is 4.79 Å². The van der Waals surface area contributed by atoms with Crippen LogP contribution >= 0.6 is 15.9 Å². The standard InChI is InChI=1S/C14H22BrN3O/c1-3-17(4-2)12-8-13(19)18(16-9-12)11-14(10-15)6-5-7-14/h8-9H,3-7,10-11H2,1-2H3. The minimum absolute atomic E-state index is 0.0108. The SMILES string of the molecule is CCN(CC)c1cnn(CC2(CBr)CCC2)c(=O)c1. The van der Waals surface area contributed by atoms with Crippen molar-refractivity contribution in [3.63, 3.8) is 0 Å². The van der Waals surface area contributed by atoms with Crippen LogP contribution in [-0.2, 0) is 6.54 Å². The van der Waals surface area contributed by atoms with Crippen molar-refractivity contribution in [1.82, 2.24) is 9.78 Å². The van der Waals surface area contributed by atoms with Crippen molar-refractivity contribution in [1.29, 1.82) is 0 Å². The van der Waals surface area contributed by atoms with Gasteiger partial charge < -0.3 is 4.90 Å². The maximum Gasteiger partial charge on any atom is 0.268 e. The molecule has 2 rings (SSSR count). The van der Waals surface area contributed by atoms with Crippen LogP contribution in [0.25, 0.3) is 0 Å². The number of alkyl halides is 1. The first kappa shape index (κ1) is 14.6. The van der Waals surface area contributed by atoms with Crippen molar-refractivity contribution in [3.8, 4) is 0 Å². The second-order valence-corrected chi connectivity index (χ2v) is 5.93. The van der Waals surface area contributed by atoms with Gasteiger partial charge in [-0.15, -0.1) is 0 Å². The average Bonchev–Trinajstić information content (AvgIpc) is 2.37. The molecule has 1 heterocycles. The van der Waals surface area contributed by atoms with E-state index in [0.717, 1.165) is 30.7 Å². The first-order chi connectivity index (χ1) is 9.14. The summed E-state index contributed by atoms with van der Waals surface area (Å²) in [4.78, 5) is 14.3. The van der Waals surface area contributed by atoms with Gasteiger partial charge in [-0.3, -0.25) is 4.79 Å². The Hall–Kier alpha value is -0.840. The largest absolute Gasteiger partial charge is 0.371 e. The van der Waals surface area contributed by atoms with Gasteiger partial charge in [-0.1, -0.05) is 22.4 Å². The smallest absolute Gasteiger partial charge is 0.268 e. The molecule has 19 heavy (non-hydrogen) atoms. The Bertz CT molecular complexity index is 472. The van der Waals surface area contributed by atoms with E-state index in [2.05, 4.69) is 39.8 Å². The first-order valence-corrected chi connectivity index (χ1v) is 8.14. The molecule has 0 saturated heterocycles. The highest BCUT2D eigenvalue weighted by Crippen LogP contribution is 2.43. The Balaban J connectivity index is 2.18. The summed E-state index contributed by atoms with van der Waals surface area (Å²) in [6, 6.07) is 1.71. The molecule has 1 saturated carbocycles. The van der Waals surface area contributed by atoms with E-state index in [-0.39, 0.29) is 11.0 Å². The van der Waals surface area contributed by atoms with E-state index in [1.807, 2.05) is 6.20 Å². The number of aromatic nitrogens is 2. The highest BCUT2D eigenvalue weighted by Gasteiger charge is 2.36. The molecule has 4 nitrogen and oxygen atoms in total. The van der Waals surface area contributed by atoms with Crippen LogP contribution in [0, 0.1) is 5.41 Å². The molecule has 106 valence electrons. The molecule has 0 aliphatic heterocycles. The van der Waals surface area contributed by atoms with E-state index in [1.54, 1.807) is 10.7 Å². The van der Waals surface area contributed by atoms with Gasteiger partial charge in [-0.2, -0.15) is 5.10 Å². The second-order valence-electron chi connectivity index (χ2n) is 5.37. The normalized spacial score (nSPS) is 17.0. The lowest BCUT2D eigenvalue weighted by Gasteiger charge is -2.40. The average molecular weight is 328 g/mol. The number of halogens is 1. The Labute approximate surface area is 122 Å². The van der Waals surface area contributed by atoms with Crippen LogP contribution in [0.4, 0.5) is 5.69 Å². The molecule has 0 atom stereocenters. The number of hydrogen-bond acceptors (Lipinski definition) is 3. The third kappa shape index (κ3) is 3.02. The van der Waals surface area contributed by atoms with Gasteiger partial charge in [-0.05, 0) is 32.1 Å². The van der Waals surface area contributed by atoms with Crippen LogP contribution in [0.3, 0.4) is 0 Å². The molecular formula is C14H22BrN3O. The molecule has 5 heteroatoms. The molecule has 1 aliphatic rings. The Morgan fingerprint density at radius 2 is 2.11 bits per heavy atom. The van der Waals surface area contributed by atoms with Gasteiger partial charge >= 0.3 is 0 Å². The highest BCUT2D eigenvalue weighted by molar-refractivity contribution is 9.09. The molecule has 0 amide bonds. The predicted molar refractivity (Wildman–Crippen MR) is 82.1 cm³/mol. The molecule has 0 bridgehead atoms. The Kier molecular flexibility index (Phi) is 4.66. The van der Waals surface area contributed by atoms with Gasteiger partial charge in [0.05, 0.1) is 18.4 Å². The van der Waals surface area contributed by atoms with E-state index in [1.165, 1.54) is 19.3 Å². The van der Waals surface area contributed by atoms with Crippen molar-refractivity contribution < 1.29 is 0 Å². The monoisotopic (exact) mass is 327 g/mol. The van der Waals surface area contributed by atoms with Gasteiger partial charge in [0.25, 0.3) is 5.56 Å². The van der Waals surface area contributed by atoms with E-state index < -0.39 is 0 Å². The van der Waals surface area contributed by atoms with Crippen LogP contribution < -0.4 is 10.5 Å². The van der Waals surface area contributed by atoms with E-state index >= 15 is 0 Å². The number of hydrogen-bond donors (Lipinski definition) is 0. The van der Waals surface area contributed by atoms with Crippen molar-refractivity contribution >= 4 is 21.6 Å². The number of rotatable bonds is 6. The van der Waals surface area contributed by atoms with E-state index in [4.69, 9.17) is 0 Å². The fraction of sp³-hybridized carbons (Fsp3) is 0.714. The zero-order valence-corrected chi connectivity index (χ0v) is 13.3. The van der Waals surface area contributed by atoms with Crippen molar-refractivity contribution in [2.75, 3.05) is 23.3 Å². The molecule has 0 aromatic carbocycles. The van der Waals surface area contributed by atoms with Gasteiger partial charge in [0.1, 0.15) is 0 Å². The van der Waals surface area contributed by atoms with Crippen LogP contribution in [0.15, 0.2) is 17.1 Å². The fourth-order valence-electron chi connectivity index (χ4n) is 2.63. The first-order valence-electron chi connectivity index (χ1n) is 7.02. The van der Waals surface area contributed by atoms with Gasteiger partial charge in [0, 0.05) is 24.5 Å². The second kappa shape index (κ2) is 6.07. The Morgan fingerprint density at radius 3 is 2.53 bits per heavy atom. The van der Waals surface area contributed by atoms with Crippen LogP contribution in [0.2, 0.25) is 0 Å². The quantitative estimate of drug-likeness (QED) is 0.754. The molecule has 0 spiro atoms. The summed E-state index contributed by atoms with van der Waals surface area (Å²) in [5.41, 5.74) is 1.18. The lowest BCUT2D eigenvalue weighted by atomic mass is 9.70. The summed E-state index contributed by atoms with van der Waals surface area (Å²) in [5.74, 6) is 0. The molecule has 0 unspecified atom stereocenters. The molecule has 1 aromatic heterocycles. The Morgan fingerprint density at radius 1 is 1.42 bits per heavy atom. The number of anilines is 1. The van der Waals surface area contributed by atoms with Gasteiger partial charge in [-0.25, -0.2) is 4.68 Å². The fourth-order valence-corrected chi connectivity index (χ4v) is 3.37. The summed E-state index contributed by atoms with van der Waals surface area (Å²) in [6.07, 6.45) is 5.45. The minimum Gasteiger partial charge on any atom is -0.371 e. The van der Waals surface area contributed by atoms with Gasteiger partial charge in [0.15, 0.2) is 0 Å². The van der Waals surface area contributed by atoms with Gasteiger partial charge in [0.2, 0.25) is 0 Å². The zero-order chi connectivity index (χ0) is 13.9. The zero-order valence-electron chi connectivity index (χ0n) is 11.7. The third-order valence-electron chi connectivity index (χ3n) is 4.17. The summed E-state index contributed by atoms with van der Waals surface area (Å²) < 4.78 is 1.62. The minimum atomic E-state index is 0.0108. The van der Waals surface area contributed by atoms with Crippen molar-refractivity contribution in [3.05, 3.63) is 22.6 Å². The molecule has 0 radical (unpaired) electrons. The lowest BCUT2D eigenvalue weighted by molar-refractivity contribution is 0.131. The summed E-state index contributed by atoms with van der Waals surface area (Å²) in [5, 5.41) is 5.30. The van der Waals surface area contributed by atoms with Crippen molar-refractivity contribution in [2.45, 2.75) is 39.7 Å². The summed E-state index contributed by atoms with van der Waals surface area (Å²) in [7, 11) is 0. The van der Waals surface area contributed by atoms with E-state index in [0.29, 0.717) is 0 Å². The topological polar surface area (TPSA) is 38.1 Å². The molecule has 1 fully saturated rings. The molecule has 1 aromatic rings. The third-order valence-corrected chi connectivity index (χ3v) is 5.36. The lowest BCUT2D eigenvalue weighted by Crippen LogP contribution is -2.40. The predicted octanol–water partition coefficient (Wildman–Crippen LogP) is 2.65. The van der Waals surface area contributed by atoms with Crippen LogP contribution in [0.1, 0.15) is 33.1 Å². The maximum absolute atomic E-state index is 12.2. The summed E-state index contributed by atoms with van der Waals surface area (Å²) in [6.45, 7) is 6.70. The molecule has 0 N–H and O–H groups in total. The maximum atomic E-state index is 12.2. The highest BCUT2D eigenvalue weighted by atomic mass is 79.9. The summed E-state index contributed by atoms with van der Waals surface area (Å²) >= 11 is 3.57. The van der Waals surface area contributed by atoms with Crippen LogP contribution in [-0.4, -0.2) is 28.2 Å². The molecular weight excluding hydrogens is 306 g/mol. The van der Waals surface area contributed by atoms with Crippen molar-refractivity contribution in [2.24, 2.45) is 5.41 Å². The number of nitrogens with zero attached hydrogens (tertiary/aromatic N) is 3. The van der Waals surface area contributed by atoms with Crippen LogP contribution in [0.5, 0.6) is 0 Å².